The van der Waals surface area contributed by atoms with Crippen molar-refractivity contribution in [1.82, 2.24) is 4.90 Å². The summed E-state index contributed by atoms with van der Waals surface area (Å²) in [5.74, 6) is 1.10. The first-order valence-corrected chi connectivity index (χ1v) is 11.6. The summed E-state index contributed by atoms with van der Waals surface area (Å²) in [6.45, 7) is 2.68. The van der Waals surface area contributed by atoms with Gasteiger partial charge in [0.2, 0.25) is 5.78 Å². The standard InChI is InChI=1S/C22H20FNO5S/c1-13-21-15(10-24(12-28-21)17-6-7-30(26,27)11-17)9-18-20(25)19(29-22(13)18)8-14-2-4-16(23)5-3-14/h2-5,8-9,17H,6-7,10-12H2,1H3/b19-8-/t17-/m0/s1. The number of allylic oxidation sites excluding steroid dienone is 1. The van der Waals surface area contributed by atoms with Crippen LogP contribution in [0, 0.1) is 12.7 Å². The number of ketones is 1. The maximum atomic E-state index is 13.1. The molecular formula is C22H20FNO5S. The number of rotatable bonds is 2. The van der Waals surface area contributed by atoms with Crippen molar-refractivity contribution in [2.24, 2.45) is 0 Å². The van der Waals surface area contributed by atoms with Crippen LogP contribution in [0.25, 0.3) is 6.08 Å². The molecule has 1 fully saturated rings. The number of benzene rings is 2. The zero-order valence-electron chi connectivity index (χ0n) is 16.4. The molecule has 2 aromatic rings. The van der Waals surface area contributed by atoms with Crippen LogP contribution in [0.2, 0.25) is 0 Å². The first-order chi connectivity index (χ1) is 14.3. The minimum atomic E-state index is -2.99. The second-order valence-corrected chi connectivity index (χ2v) is 10.2. The molecule has 0 saturated carbocycles. The molecule has 3 heterocycles. The van der Waals surface area contributed by atoms with Gasteiger partial charge in [-0.15, -0.1) is 0 Å². The van der Waals surface area contributed by atoms with Crippen LogP contribution in [0.4, 0.5) is 4.39 Å². The van der Waals surface area contributed by atoms with Gasteiger partial charge in [-0.3, -0.25) is 9.69 Å². The number of carbonyl (C=O) groups excluding carboxylic acids is 1. The van der Waals surface area contributed by atoms with E-state index in [1.807, 2.05) is 11.8 Å². The fraction of sp³-hybridized carbons (Fsp3) is 0.318. The second kappa shape index (κ2) is 6.92. The molecule has 0 spiro atoms. The molecule has 0 amide bonds. The molecule has 8 heteroatoms. The van der Waals surface area contributed by atoms with Gasteiger partial charge in [0.25, 0.3) is 0 Å². The molecular weight excluding hydrogens is 409 g/mol. The van der Waals surface area contributed by atoms with Crippen molar-refractivity contribution in [3.8, 4) is 11.5 Å². The Balaban J connectivity index is 1.44. The van der Waals surface area contributed by atoms with E-state index in [1.165, 1.54) is 12.1 Å². The molecule has 3 aliphatic rings. The first kappa shape index (κ1) is 19.3. The van der Waals surface area contributed by atoms with Crippen LogP contribution in [-0.2, 0) is 16.4 Å². The van der Waals surface area contributed by atoms with Crippen LogP contribution in [0.15, 0.2) is 36.1 Å². The highest BCUT2D eigenvalue weighted by Gasteiger charge is 2.37. The number of fused-ring (bicyclic) bond motifs is 2. The van der Waals surface area contributed by atoms with Gasteiger partial charge in [0.1, 0.15) is 24.0 Å². The van der Waals surface area contributed by atoms with E-state index in [-0.39, 0.29) is 34.9 Å². The van der Waals surface area contributed by atoms with Crippen LogP contribution < -0.4 is 9.47 Å². The van der Waals surface area contributed by atoms with Crippen molar-refractivity contribution in [3.05, 3.63) is 64.2 Å². The fourth-order valence-electron chi connectivity index (χ4n) is 4.27. The zero-order valence-corrected chi connectivity index (χ0v) is 17.2. The lowest BCUT2D eigenvalue weighted by atomic mass is 9.99. The predicted octanol–water partition coefficient (Wildman–Crippen LogP) is 3.09. The summed E-state index contributed by atoms with van der Waals surface area (Å²) in [5, 5.41) is 0. The molecule has 30 heavy (non-hydrogen) atoms. The SMILES string of the molecule is Cc1c2c(cc3c1O/C(=C\c1ccc(F)cc1)C3=O)CN([C@H]1CCS(=O)(=O)C1)CO2. The Hall–Kier alpha value is -2.71. The summed E-state index contributed by atoms with van der Waals surface area (Å²) in [6.07, 6.45) is 2.19. The third-order valence-electron chi connectivity index (χ3n) is 5.86. The number of carbonyl (C=O) groups is 1. The number of Topliss-reactive ketones (excluding diaryl/α,β-unsaturated/α-hetero) is 1. The van der Waals surface area contributed by atoms with E-state index < -0.39 is 9.84 Å². The Bertz CT molecular complexity index is 1190. The molecule has 0 aliphatic carbocycles. The number of hydrogen-bond acceptors (Lipinski definition) is 6. The molecule has 0 aromatic heterocycles. The summed E-state index contributed by atoms with van der Waals surface area (Å²) in [4.78, 5) is 14.9. The van der Waals surface area contributed by atoms with Gasteiger partial charge in [-0.05, 0) is 43.2 Å². The lowest BCUT2D eigenvalue weighted by Crippen LogP contribution is -2.41. The van der Waals surface area contributed by atoms with Crippen molar-refractivity contribution in [3.63, 3.8) is 0 Å². The van der Waals surface area contributed by atoms with Gasteiger partial charge in [-0.2, -0.15) is 0 Å². The van der Waals surface area contributed by atoms with Crippen molar-refractivity contribution in [1.29, 1.82) is 0 Å². The zero-order chi connectivity index (χ0) is 21.0. The van der Waals surface area contributed by atoms with Gasteiger partial charge in [0, 0.05) is 23.7 Å². The van der Waals surface area contributed by atoms with Crippen LogP contribution in [-0.4, -0.2) is 43.4 Å². The topological polar surface area (TPSA) is 72.9 Å². The van der Waals surface area contributed by atoms with E-state index in [9.17, 15) is 17.6 Å². The molecule has 2 aromatic carbocycles. The molecule has 0 N–H and O–H groups in total. The smallest absolute Gasteiger partial charge is 0.231 e. The Morgan fingerprint density at radius 2 is 1.97 bits per heavy atom. The van der Waals surface area contributed by atoms with Crippen LogP contribution in [0.3, 0.4) is 0 Å². The number of ether oxygens (including phenoxy) is 2. The lowest BCUT2D eigenvalue weighted by Gasteiger charge is -2.33. The Labute approximate surface area is 173 Å². The van der Waals surface area contributed by atoms with E-state index in [0.717, 1.165) is 11.1 Å². The molecule has 0 unspecified atom stereocenters. The van der Waals surface area contributed by atoms with Crippen molar-refractivity contribution in [2.45, 2.75) is 25.9 Å². The molecule has 156 valence electrons. The van der Waals surface area contributed by atoms with E-state index in [0.29, 0.717) is 42.3 Å². The second-order valence-electron chi connectivity index (χ2n) is 7.93. The summed E-state index contributed by atoms with van der Waals surface area (Å²) in [5.41, 5.74) is 2.72. The third-order valence-corrected chi connectivity index (χ3v) is 7.61. The summed E-state index contributed by atoms with van der Waals surface area (Å²) in [6, 6.07) is 7.52. The monoisotopic (exact) mass is 429 g/mol. The van der Waals surface area contributed by atoms with Gasteiger partial charge in [-0.1, -0.05) is 12.1 Å². The number of sulfone groups is 1. The molecule has 3 aliphatic heterocycles. The van der Waals surface area contributed by atoms with E-state index in [4.69, 9.17) is 9.47 Å². The summed E-state index contributed by atoms with van der Waals surface area (Å²) >= 11 is 0. The van der Waals surface area contributed by atoms with E-state index in [2.05, 4.69) is 0 Å². The molecule has 0 bridgehead atoms. The Morgan fingerprint density at radius 3 is 2.67 bits per heavy atom. The van der Waals surface area contributed by atoms with Crippen LogP contribution >= 0.6 is 0 Å². The molecule has 1 saturated heterocycles. The largest absolute Gasteiger partial charge is 0.477 e. The highest BCUT2D eigenvalue weighted by atomic mass is 32.2. The lowest BCUT2D eigenvalue weighted by molar-refractivity contribution is 0.0637. The highest BCUT2D eigenvalue weighted by molar-refractivity contribution is 7.91. The number of nitrogens with zero attached hydrogens (tertiary/aromatic N) is 1. The van der Waals surface area contributed by atoms with Gasteiger partial charge in [-0.25, -0.2) is 12.8 Å². The maximum absolute atomic E-state index is 13.1. The highest BCUT2D eigenvalue weighted by Crippen LogP contribution is 2.43. The summed E-state index contributed by atoms with van der Waals surface area (Å²) < 4.78 is 48.6. The average Bonchev–Trinajstić information content (AvgIpc) is 3.23. The molecule has 6 nitrogen and oxygen atoms in total. The van der Waals surface area contributed by atoms with Crippen LogP contribution in [0.1, 0.15) is 33.5 Å². The number of hydrogen-bond donors (Lipinski definition) is 0. The molecule has 0 radical (unpaired) electrons. The Kier molecular flexibility index (Phi) is 4.44. The summed E-state index contributed by atoms with van der Waals surface area (Å²) in [7, 11) is -2.99. The van der Waals surface area contributed by atoms with Crippen molar-refractivity contribution in [2.75, 3.05) is 18.2 Å². The predicted molar refractivity (Wildman–Crippen MR) is 109 cm³/mol. The molecule has 1 atom stereocenters. The van der Waals surface area contributed by atoms with Gasteiger partial charge in [0.05, 0.1) is 17.1 Å². The van der Waals surface area contributed by atoms with Crippen molar-refractivity contribution >= 4 is 21.7 Å². The maximum Gasteiger partial charge on any atom is 0.231 e. The van der Waals surface area contributed by atoms with Gasteiger partial charge in [0.15, 0.2) is 15.6 Å². The van der Waals surface area contributed by atoms with E-state index >= 15 is 0 Å². The average molecular weight is 429 g/mol. The van der Waals surface area contributed by atoms with Crippen LogP contribution in [0.5, 0.6) is 11.5 Å². The van der Waals surface area contributed by atoms with Gasteiger partial charge >= 0.3 is 0 Å². The minimum Gasteiger partial charge on any atom is -0.477 e. The quantitative estimate of drug-likeness (QED) is 0.684. The number of halogens is 1. The normalized spacial score (nSPS) is 23.7. The first-order valence-electron chi connectivity index (χ1n) is 9.74. The fourth-order valence-corrected chi connectivity index (χ4v) is 6.04. The van der Waals surface area contributed by atoms with E-state index in [1.54, 1.807) is 24.3 Å². The molecule has 5 rings (SSSR count). The third kappa shape index (κ3) is 3.30. The van der Waals surface area contributed by atoms with Crippen molar-refractivity contribution < 1.29 is 27.1 Å². The van der Waals surface area contributed by atoms with Gasteiger partial charge < -0.3 is 9.47 Å². The Morgan fingerprint density at radius 1 is 1.20 bits per heavy atom. The minimum absolute atomic E-state index is 0.0717.